The van der Waals surface area contributed by atoms with Gasteiger partial charge in [0.15, 0.2) is 0 Å². The van der Waals surface area contributed by atoms with Gasteiger partial charge in [-0.3, -0.25) is 19.6 Å². The van der Waals surface area contributed by atoms with E-state index in [1.807, 2.05) is 53.4 Å². The van der Waals surface area contributed by atoms with Gasteiger partial charge in [0, 0.05) is 49.6 Å². The van der Waals surface area contributed by atoms with Crippen LogP contribution in [0.3, 0.4) is 0 Å². The zero-order valence-electron chi connectivity index (χ0n) is 19.0. The van der Waals surface area contributed by atoms with Crippen molar-refractivity contribution >= 4 is 17.5 Å². The number of ether oxygens (including phenoxy) is 1. The van der Waals surface area contributed by atoms with Crippen molar-refractivity contribution in [3.63, 3.8) is 0 Å². The lowest BCUT2D eigenvalue weighted by molar-refractivity contribution is -0.131. The van der Waals surface area contributed by atoms with Crippen molar-refractivity contribution in [3.8, 4) is 17.0 Å². The Hall–Kier alpha value is -3.74. The summed E-state index contributed by atoms with van der Waals surface area (Å²) >= 11 is 0. The summed E-state index contributed by atoms with van der Waals surface area (Å²) in [5.41, 5.74) is 4.26. The van der Waals surface area contributed by atoms with Crippen molar-refractivity contribution in [2.75, 3.05) is 25.5 Å². The van der Waals surface area contributed by atoms with Crippen LogP contribution in [0, 0.1) is 0 Å². The third-order valence-corrected chi connectivity index (χ3v) is 5.86. The fraction of sp³-hybridized carbons (Fsp3) is 0.308. The number of nitrogens with zero attached hydrogens (tertiary/aromatic N) is 3. The molecule has 2 heterocycles. The molecule has 2 amide bonds. The van der Waals surface area contributed by atoms with E-state index < -0.39 is 0 Å². The van der Waals surface area contributed by atoms with E-state index in [1.165, 1.54) is 6.92 Å². The van der Waals surface area contributed by atoms with Gasteiger partial charge in [0.2, 0.25) is 11.8 Å². The van der Waals surface area contributed by atoms with Crippen LogP contribution >= 0.6 is 0 Å². The van der Waals surface area contributed by atoms with Gasteiger partial charge in [0.25, 0.3) is 0 Å². The summed E-state index contributed by atoms with van der Waals surface area (Å²) in [5.74, 6) is 0.876. The Morgan fingerprint density at radius 1 is 1.12 bits per heavy atom. The molecule has 1 saturated heterocycles. The maximum atomic E-state index is 13.0. The first kappa shape index (κ1) is 22.5. The summed E-state index contributed by atoms with van der Waals surface area (Å²) in [5, 5.41) is 2.82. The highest BCUT2D eigenvalue weighted by molar-refractivity contribution is 5.89. The van der Waals surface area contributed by atoms with Gasteiger partial charge in [-0.25, -0.2) is 0 Å². The topological polar surface area (TPSA) is 84.4 Å². The largest absolute Gasteiger partial charge is 0.497 e. The van der Waals surface area contributed by atoms with Crippen LogP contribution in [0.4, 0.5) is 5.69 Å². The number of anilines is 1. The van der Waals surface area contributed by atoms with Crippen molar-refractivity contribution < 1.29 is 14.3 Å². The fourth-order valence-corrected chi connectivity index (χ4v) is 4.27. The molecule has 7 heteroatoms. The molecular formula is C26H28N4O3. The lowest BCUT2D eigenvalue weighted by Gasteiger charge is -2.33. The number of aromatic nitrogens is 2. The summed E-state index contributed by atoms with van der Waals surface area (Å²) in [6.07, 6.45) is 5.61. The van der Waals surface area contributed by atoms with E-state index in [0.29, 0.717) is 13.0 Å². The van der Waals surface area contributed by atoms with E-state index in [2.05, 4.69) is 15.3 Å². The van der Waals surface area contributed by atoms with Crippen LogP contribution in [-0.2, 0) is 16.0 Å². The van der Waals surface area contributed by atoms with E-state index in [4.69, 9.17) is 4.74 Å². The number of methoxy groups -OCH3 is 1. The van der Waals surface area contributed by atoms with Crippen LogP contribution in [0.15, 0.2) is 60.9 Å². The number of rotatable bonds is 6. The molecule has 1 aromatic heterocycles. The Labute approximate surface area is 193 Å². The molecule has 1 aliphatic heterocycles. The van der Waals surface area contributed by atoms with E-state index in [0.717, 1.165) is 53.3 Å². The Morgan fingerprint density at radius 3 is 2.67 bits per heavy atom. The van der Waals surface area contributed by atoms with Crippen LogP contribution in [0.5, 0.6) is 5.75 Å². The molecule has 0 unspecified atom stereocenters. The van der Waals surface area contributed by atoms with E-state index in [1.54, 1.807) is 19.5 Å². The summed E-state index contributed by atoms with van der Waals surface area (Å²) < 4.78 is 5.20. The summed E-state index contributed by atoms with van der Waals surface area (Å²) in [6, 6.07) is 15.2. The fourth-order valence-electron chi connectivity index (χ4n) is 4.27. The van der Waals surface area contributed by atoms with Gasteiger partial charge in [-0.2, -0.15) is 0 Å². The number of likely N-dealkylation sites (tertiary alicyclic amines) is 1. The Kier molecular flexibility index (Phi) is 6.98. The van der Waals surface area contributed by atoms with Gasteiger partial charge >= 0.3 is 0 Å². The predicted molar refractivity (Wildman–Crippen MR) is 127 cm³/mol. The Morgan fingerprint density at radius 2 is 1.91 bits per heavy atom. The second-order valence-electron chi connectivity index (χ2n) is 8.26. The molecule has 0 saturated carbocycles. The molecule has 0 aliphatic carbocycles. The van der Waals surface area contributed by atoms with Gasteiger partial charge in [-0.05, 0) is 42.7 Å². The number of piperidine rings is 1. The molecular weight excluding hydrogens is 416 g/mol. The molecule has 0 spiro atoms. The van der Waals surface area contributed by atoms with Gasteiger partial charge in [0.1, 0.15) is 5.75 Å². The molecule has 1 N–H and O–H groups in total. The minimum absolute atomic E-state index is 0.103. The first-order chi connectivity index (χ1) is 16.0. The number of amides is 2. The zero-order chi connectivity index (χ0) is 23.2. The van der Waals surface area contributed by atoms with Crippen LogP contribution in [-0.4, -0.2) is 46.9 Å². The zero-order valence-corrected chi connectivity index (χ0v) is 19.0. The molecule has 1 fully saturated rings. The van der Waals surface area contributed by atoms with E-state index >= 15 is 0 Å². The molecule has 4 rings (SSSR count). The van der Waals surface area contributed by atoms with E-state index in [-0.39, 0.29) is 17.7 Å². The van der Waals surface area contributed by atoms with Gasteiger partial charge in [-0.15, -0.1) is 0 Å². The number of nitrogens with one attached hydrogen (secondary N) is 1. The minimum atomic E-state index is -0.121. The normalized spacial score (nSPS) is 15.7. The van der Waals surface area contributed by atoms with Crippen molar-refractivity contribution in [1.82, 2.24) is 14.9 Å². The predicted octanol–water partition coefficient (Wildman–Crippen LogP) is 4.06. The summed E-state index contributed by atoms with van der Waals surface area (Å²) in [4.78, 5) is 35.7. The Balaban J connectivity index is 1.51. The molecule has 7 nitrogen and oxygen atoms in total. The SMILES string of the molecule is COc1ccc(CC(=O)N2CCC[C@H](c3nccnc3-c3cccc(NC(C)=O)c3)C2)cc1. The molecule has 3 aromatic rings. The number of carbonyl (C=O) groups is 2. The third kappa shape index (κ3) is 5.55. The van der Waals surface area contributed by atoms with Gasteiger partial charge in [0.05, 0.1) is 24.9 Å². The smallest absolute Gasteiger partial charge is 0.227 e. The number of benzene rings is 2. The van der Waals surface area contributed by atoms with Gasteiger partial charge < -0.3 is 15.0 Å². The average molecular weight is 445 g/mol. The summed E-state index contributed by atoms with van der Waals surface area (Å²) in [6.45, 7) is 2.85. The maximum absolute atomic E-state index is 13.0. The summed E-state index contributed by atoms with van der Waals surface area (Å²) in [7, 11) is 1.63. The lowest BCUT2D eigenvalue weighted by atomic mass is 9.91. The first-order valence-electron chi connectivity index (χ1n) is 11.1. The molecule has 2 aromatic carbocycles. The molecule has 1 aliphatic rings. The maximum Gasteiger partial charge on any atom is 0.227 e. The van der Waals surface area contributed by atoms with Gasteiger partial charge in [-0.1, -0.05) is 24.3 Å². The van der Waals surface area contributed by atoms with Crippen molar-refractivity contribution in [3.05, 3.63) is 72.2 Å². The number of hydrogen-bond acceptors (Lipinski definition) is 5. The highest BCUT2D eigenvalue weighted by Gasteiger charge is 2.28. The van der Waals surface area contributed by atoms with Crippen molar-refractivity contribution in [2.45, 2.75) is 32.1 Å². The minimum Gasteiger partial charge on any atom is -0.497 e. The molecule has 170 valence electrons. The third-order valence-electron chi connectivity index (χ3n) is 5.86. The molecule has 0 bridgehead atoms. The monoisotopic (exact) mass is 444 g/mol. The van der Waals surface area contributed by atoms with E-state index in [9.17, 15) is 9.59 Å². The molecule has 1 atom stereocenters. The van der Waals surface area contributed by atoms with Crippen molar-refractivity contribution in [1.29, 1.82) is 0 Å². The molecule has 33 heavy (non-hydrogen) atoms. The van der Waals surface area contributed by atoms with Crippen LogP contribution < -0.4 is 10.1 Å². The average Bonchev–Trinajstić information content (AvgIpc) is 2.84. The first-order valence-corrected chi connectivity index (χ1v) is 11.1. The quantitative estimate of drug-likeness (QED) is 0.620. The van der Waals surface area contributed by atoms with Crippen LogP contribution in [0.1, 0.15) is 36.9 Å². The second kappa shape index (κ2) is 10.3. The van der Waals surface area contributed by atoms with Crippen LogP contribution in [0.2, 0.25) is 0 Å². The lowest BCUT2D eigenvalue weighted by Crippen LogP contribution is -2.40. The van der Waals surface area contributed by atoms with Crippen LogP contribution in [0.25, 0.3) is 11.3 Å². The standard InChI is InChI=1S/C26H28N4O3/c1-18(31)29-22-7-3-5-20(16-22)25-26(28-13-12-27-25)21-6-4-14-30(17-21)24(32)15-19-8-10-23(33-2)11-9-19/h3,5,7-13,16,21H,4,6,14-15,17H2,1-2H3,(H,29,31)/t21-/m0/s1. The molecule has 0 radical (unpaired) electrons. The highest BCUT2D eigenvalue weighted by Crippen LogP contribution is 2.33. The van der Waals surface area contributed by atoms with Crippen molar-refractivity contribution in [2.24, 2.45) is 0 Å². The Bertz CT molecular complexity index is 1130. The second-order valence-corrected chi connectivity index (χ2v) is 8.26. The highest BCUT2D eigenvalue weighted by atomic mass is 16.5. The number of carbonyl (C=O) groups excluding carboxylic acids is 2. The number of hydrogen-bond donors (Lipinski definition) is 1.